The Morgan fingerprint density at radius 1 is 0.222 bits per heavy atom. The summed E-state index contributed by atoms with van der Waals surface area (Å²) in [5.41, 5.74) is 43.1. The molecule has 3 heteroatoms. The Morgan fingerprint density at radius 3 is 0.611 bits per heavy atom. The number of nitrogen functional groups attached to an aromatic ring is 3. The summed E-state index contributed by atoms with van der Waals surface area (Å²) in [6.45, 7) is 0. The van der Waals surface area contributed by atoms with Crippen molar-refractivity contribution in [3.05, 3.63) is 264 Å². The van der Waals surface area contributed by atoms with E-state index in [4.69, 9.17) is 17.2 Å². The van der Waals surface area contributed by atoms with Gasteiger partial charge >= 0.3 is 0 Å². The second kappa shape index (κ2) is 17.7. The molecule has 0 fully saturated rings. The van der Waals surface area contributed by atoms with Gasteiger partial charge in [-0.1, -0.05) is 200 Å². The molecular weight excluding hydrogens is 871 g/mol. The minimum absolute atomic E-state index is 0.775. The first-order valence-electron chi connectivity index (χ1n) is 24.9. The lowest BCUT2D eigenvalue weighted by molar-refractivity contribution is 1.23. The third kappa shape index (κ3) is 8.01. The van der Waals surface area contributed by atoms with Gasteiger partial charge in [-0.3, -0.25) is 0 Å². The summed E-state index contributed by atoms with van der Waals surface area (Å²) < 4.78 is 0. The van der Waals surface area contributed by atoms with Gasteiger partial charge in [0.2, 0.25) is 0 Å². The molecular formula is C69H51N3. The molecule has 0 unspecified atom stereocenters. The van der Waals surface area contributed by atoms with Gasteiger partial charge in [-0.25, -0.2) is 0 Å². The number of anilines is 3. The van der Waals surface area contributed by atoms with Crippen molar-refractivity contribution in [2.75, 3.05) is 17.2 Å². The lowest BCUT2D eigenvalue weighted by Gasteiger charge is -2.12. The second-order valence-corrected chi connectivity index (χ2v) is 19.6. The van der Waals surface area contributed by atoms with Crippen molar-refractivity contribution in [2.24, 2.45) is 0 Å². The molecule has 0 aromatic heterocycles. The van der Waals surface area contributed by atoms with E-state index in [0.29, 0.717) is 0 Å². The third-order valence-electron chi connectivity index (χ3n) is 14.9. The van der Waals surface area contributed by atoms with Crippen molar-refractivity contribution in [2.45, 2.75) is 19.3 Å². The predicted octanol–water partition coefficient (Wildman–Crippen LogP) is 16.6. The summed E-state index contributed by atoms with van der Waals surface area (Å²) in [5, 5.41) is 8.86. The van der Waals surface area contributed by atoms with Crippen LogP contribution in [0.15, 0.2) is 164 Å². The number of hydrogen-bond donors (Lipinski definition) is 3. The van der Waals surface area contributed by atoms with Gasteiger partial charge in [0.05, 0.1) is 0 Å². The summed E-state index contributed by atoms with van der Waals surface area (Å²) in [4.78, 5) is 0. The molecule has 72 heavy (non-hydrogen) atoms. The van der Waals surface area contributed by atoms with Gasteiger partial charge in [0.15, 0.2) is 0 Å². The zero-order valence-electron chi connectivity index (χ0n) is 39.9. The summed E-state index contributed by atoms with van der Waals surface area (Å²) in [7, 11) is 0. The van der Waals surface area contributed by atoms with E-state index in [0.717, 1.165) is 69.7 Å². The molecule has 6 N–H and O–H groups in total. The topological polar surface area (TPSA) is 78.1 Å². The van der Waals surface area contributed by atoms with Gasteiger partial charge in [-0.15, -0.1) is 0 Å². The number of rotatable bonds is 12. The van der Waals surface area contributed by atoms with Crippen molar-refractivity contribution in [1.29, 1.82) is 0 Å². The van der Waals surface area contributed by atoms with E-state index < -0.39 is 0 Å². The summed E-state index contributed by atoms with van der Waals surface area (Å²) >= 11 is 0. The van der Waals surface area contributed by atoms with Gasteiger partial charge in [0.1, 0.15) is 0 Å². The average molecular weight is 922 g/mol. The first-order valence-corrected chi connectivity index (χ1v) is 24.9. The Kier molecular flexibility index (Phi) is 10.5. The van der Waals surface area contributed by atoms with E-state index >= 15 is 0 Å². The molecule has 0 spiro atoms. The van der Waals surface area contributed by atoms with Gasteiger partial charge in [0.25, 0.3) is 0 Å². The monoisotopic (exact) mass is 921 g/mol. The molecule has 0 atom stereocenters. The Balaban J connectivity index is 0.853. The minimum Gasteiger partial charge on any atom is -0.399 e. The predicted molar refractivity (Wildman–Crippen MR) is 313 cm³/mol. The molecule has 0 aliphatic heterocycles. The molecule has 3 aliphatic carbocycles. The van der Waals surface area contributed by atoms with Crippen LogP contribution < -0.4 is 17.2 Å². The molecule has 0 radical (unpaired) electrons. The Hall–Kier alpha value is -9.18. The lowest BCUT2D eigenvalue weighted by atomic mass is 9.91. The van der Waals surface area contributed by atoms with Crippen LogP contribution in [0.2, 0.25) is 0 Å². The molecule has 10 aromatic rings. The molecule has 10 aromatic carbocycles. The molecule has 3 aliphatic rings. The standard InChI is InChI=1S/C69H51N3/c70-58-31-22-49(23-32-58)16-7-43-1-10-46(11-2-43)19-28-52-37-55-41-62-54(30-21-48-14-5-45(6-15-48)9-18-51-26-35-60(72)36-27-51)39-57-42-63-53(38-56-40-61(52)67-64(55)68(62)66(57)69(63)65(56)67)29-20-47-12-3-44(4-13-47)8-17-50-24-33-59(71)34-25-50/h1-39H,40-42,70-72H2/b16-7+,17-8+,18-9+,28-19+,29-20+,30-21+. The van der Waals surface area contributed by atoms with E-state index in [-0.39, 0.29) is 0 Å². The first kappa shape index (κ1) is 42.9. The quantitative estimate of drug-likeness (QED) is 0.0649. The van der Waals surface area contributed by atoms with Crippen molar-refractivity contribution >= 4 is 122 Å². The van der Waals surface area contributed by atoms with Crippen LogP contribution in [-0.4, -0.2) is 0 Å². The van der Waals surface area contributed by atoms with Crippen molar-refractivity contribution in [3.8, 4) is 0 Å². The highest BCUT2D eigenvalue weighted by Crippen LogP contribution is 2.55. The first-order chi connectivity index (χ1) is 35.3. The fourth-order valence-electron chi connectivity index (χ4n) is 11.2. The van der Waals surface area contributed by atoms with Crippen LogP contribution >= 0.6 is 0 Å². The maximum Gasteiger partial charge on any atom is 0.0314 e. The van der Waals surface area contributed by atoms with Crippen LogP contribution in [0, 0.1) is 0 Å². The van der Waals surface area contributed by atoms with Crippen molar-refractivity contribution in [1.82, 2.24) is 0 Å². The van der Waals surface area contributed by atoms with Crippen LogP contribution in [0.5, 0.6) is 0 Å². The molecule has 3 nitrogen and oxygen atoms in total. The maximum absolute atomic E-state index is 5.91. The lowest BCUT2D eigenvalue weighted by Crippen LogP contribution is -1.91. The third-order valence-corrected chi connectivity index (χ3v) is 14.9. The largest absolute Gasteiger partial charge is 0.399 e. The Labute approximate surface area is 420 Å². The zero-order chi connectivity index (χ0) is 48.3. The van der Waals surface area contributed by atoms with Crippen LogP contribution in [-0.2, 0) is 19.3 Å². The van der Waals surface area contributed by atoms with Crippen LogP contribution in [0.25, 0.3) is 105 Å². The van der Waals surface area contributed by atoms with E-state index in [1.165, 1.54) is 99.1 Å². The van der Waals surface area contributed by atoms with Crippen LogP contribution in [0.4, 0.5) is 17.1 Å². The van der Waals surface area contributed by atoms with Gasteiger partial charge < -0.3 is 17.2 Å². The summed E-state index contributed by atoms with van der Waals surface area (Å²) in [6, 6.07) is 57.9. The van der Waals surface area contributed by atoms with Gasteiger partial charge in [0, 0.05) is 17.1 Å². The maximum atomic E-state index is 5.91. The number of benzene rings is 10. The van der Waals surface area contributed by atoms with E-state index in [2.05, 4.69) is 164 Å². The summed E-state index contributed by atoms with van der Waals surface area (Å²) in [6.07, 6.45) is 29.6. The second-order valence-electron chi connectivity index (χ2n) is 19.6. The fraction of sp³-hybridized carbons (Fsp3) is 0.0435. The van der Waals surface area contributed by atoms with Crippen LogP contribution in [0.1, 0.15) is 100 Å². The SMILES string of the molecule is Nc1ccc(/C=C/c2ccc(/C=C/c3cc4c5c6c3Cc3cc(/C=C/c7ccc(/C=C/c8ccc(N)cc8)cc7)c7c(c36)c3c(cc(/C=C/c6ccc(/C=C/c8ccc(N)cc8)cc6)c(c53)C4)C7)cc2)cc1. The van der Waals surface area contributed by atoms with Gasteiger partial charge in [-0.2, -0.15) is 0 Å². The Bertz CT molecular complexity index is 3540. The average Bonchev–Trinajstić information content (AvgIpc) is 4.12. The number of nitrogens with two attached hydrogens (primary N) is 3. The highest BCUT2D eigenvalue weighted by molar-refractivity contribution is 6.34. The fourth-order valence-corrected chi connectivity index (χ4v) is 11.2. The molecule has 0 bridgehead atoms. The molecule has 0 saturated heterocycles. The van der Waals surface area contributed by atoms with E-state index in [1.807, 2.05) is 72.8 Å². The van der Waals surface area contributed by atoms with Crippen molar-refractivity contribution < 1.29 is 0 Å². The van der Waals surface area contributed by atoms with Crippen molar-refractivity contribution in [3.63, 3.8) is 0 Å². The normalized spacial score (nSPS) is 13.5. The highest BCUT2D eigenvalue weighted by Gasteiger charge is 2.34. The van der Waals surface area contributed by atoms with Gasteiger partial charge in [-0.05, 0) is 188 Å². The summed E-state index contributed by atoms with van der Waals surface area (Å²) in [5.74, 6) is 0. The van der Waals surface area contributed by atoms with E-state index in [1.54, 1.807) is 0 Å². The van der Waals surface area contributed by atoms with Crippen LogP contribution in [0.3, 0.4) is 0 Å². The minimum atomic E-state index is 0.775. The molecule has 0 saturated carbocycles. The Morgan fingerprint density at radius 2 is 0.403 bits per heavy atom. The molecule has 0 amide bonds. The molecule has 342 valence electrons. The highest BCUT2D eigenvalue weighted by atomic mass is 14.5. The molecule has 13 rings (SSSR count). The smallest absolute Gasteiger partial charge is 0.0314 e. The number of hydrogen-bond acceptors (Lipinski definition) is 3. The molecule has 0 heterocycles. The van der Waals surface area contributed by atoms with E-state index in [9.17, 15) is 0 Å². The zero-order valence-corrected chi connectivity index (χ0v) is 39.9.